The highest BCUT2D eigenvalue weighted by Crippen LogP contribution is 2.25. The van der Waals surface area contributed by atoms with Crippen molar-refractivity contribution in [1.29, 1.82) is 0 Å². The number of carbonyl (C=O) groups excluding carboxylic acids is 1. The Balaban J connectivity index is 2.10. The minimum atomic E-state index is -0.556. The van der Waals surface area contributed by atoms with Crippen LogP contribution in [0.4, 0.5) is 11.4 Å². The molecule has 0 radical (unpaired) electrons. The Bertz CT molecular complexity index is 672. The van der Waals surface area contributed by atoms with Crippen molar-refractivity contribution in [3.8, 4) is 0 Å². The van der Waals surface area contributed by atoms with Crippen molar-refractivity contribution >= 4 is 40.2 Å². The van der Waals surface area contributed by atoms with Crippen molar-refractivity contribution < 1.29 is 9.72 Å². The first kappa shape index (κ1) is 14.3. The zero-order valence-corrected chi connectivity index (χ0v) is 11.7. The van der Waals surface area contributed by atoms with E-state index in [-0.39, 0.29) is 23.8 Å². The number of nitro groups is 1. The van der Waals surface area contributed by atoms with E-state index in [2.05, 4.69) is 5.32 Å². The summed E-state index contributed by atoms with van der Waals surface area (Å²) in [5.74, 6) is -0.298. The second-order valence-corrected chi connectivity index (χ2v) is 5.61. The average Bonchev–Trinajstić information content (AvgIpc) is 2.83. The Morgan fingerprint density at radius 3 is 2.75 bits per heavy atom. The Kier molecular flexibility index (Phi) is 4.21. The third kappa shape index (κ3) is 3.06. The van der Waals surface area contributed by atoms with Crippen LogP contribution in [-0.4, -0.2) is 10.8 Å². The lowest BCUT2D eigenvalue weighted by molar-refractivity contribution is -0.383. The normalized spacial score (nSPS) is 10.2. The van der Waals surface area contributed by atoms with Gasteiger partial charge in [0.15, 0.2) is 0 Å². The number of nitrogens with two attached hydrogens (primary N) is 1. The standard InChI is InChI=1S/C12H10ClN3O3S/c13-10-5-4-9(20-10)12(17)15-6-7-2-1-3-8(11(7)14)16(18)19/h1-5H,6,14H2,(H,15,17). The lowest BCUT2D eigenvalue weighted by atomic mass is 10.1. The summed E-state index contributed by atoms with van der Waals surface area (Å²) in [5, 5.41) is 13.4. The van der Waals surface area contributed by atoms with Crippen LogP contribution in [0, 0.1) is 10.1 Å². The molecule has 0 saturated heterocycles. The predicted molar refractivity (Wildman–Crippen MR) is 78.0 cm³/mol. The Hall–Kier alpha value is -2.12. The lowest BCUT2D eigenvalue weighted by Crippen LogP contribution is -2.22. The molecule has 0 aliphatic carbocycles. The molecule has 2 rings (SSSR count). The van der Waals surface area contributed by atoms with Gasteiger partial charge in [-0.1, -0.05) is 23.7 Å². The van der Waals surface area contributed by atoms with Gasteiger partial charge in [-0.05, 0) is 12.1 Å². The lowest BCUT2D eigenvalue weighted by Gasteiger charge is -2.07. The number of nitro benzene ring substituents is 1. The molecule has 0 unspecified atom stereocenters. The summed E-state index contributed by atoms with van der Waals surface area (Å²) in [4.78, 5) is 22.5. The molecule has 2 aromatic rings. The van der Waals surface area contributed by atoms with Crippen LogP contribution in [0.25, 0.3) is 0 Å². The summed E-state index contributed by atoms with van der Waals surface area (Å²) in [7, 11) is 0. The maximum absolute atomic E-state index is 11.8. The number of carbonyl (C=O) groups is 1. The number of hydrogen-bond acceptors (Lipinski definition) is 5. The summed E-state index contributed by atoms with van der Waals surface area (Å²) in [6, 6.07) is 7.71. The van der Waals surface area contributed by atoms with E-state index < -0.39 is 4.92 Å². The quantitative estimate of drug-likeness (QED) is 0.515. The van der Waals surface area contributed by atoms with E-state index in [0.717, 1.165) is 11.3 Å². The predicted octanol–water partition coefficient (Wildman–Crippen LogP) is 2.82. The third-order valence-electron chi connectivity index (χ3n) is 2.61. The Morgan fingerprint density at radius 1 is 1.40 bits per heavy atom. The maximum atomic E-state index is 11.8. The van der Waals surface area contributed by atoms with Gasteiger partial charge in [0.25, 0.3) is 11.6 Å². The van der Waals surface area contributed by atoms with E-state index in [4.69, 9.17) is 17.3 Å². The van der Waals surface area contributed by atoms with Crippen LogP contribution in [0.1, 0.15) is 15.2 Å². The molecule has 0 fully saturated rings. The number of nitrogens with zero attached hydrogens (tertiary/aromatic N) is 1. The van der Waals surface area contributed by atoms with Gasteiger partial charge in [-0.25, -0.2) is 0 Å². The second-order valence-electron chi connectivity index (χ2n) is 3.89. The van der Waals surface area contributed by atoms with Crippen LogP contribution in [0.5, 0.6) is 0 Å². The fraction of sp³-hybridized carbons (Fsp3) is 0.0833. The zero-order valence-electron chi connectivity index (χ0n) is 10.1. The number of amides is 1. The zero-order chi connectivity index (χ0) is 14.7. The van der Waals surface area contributed by atoms with Crippen LogP contribution in [-0.2, 0) is 6.54 Å². The van der Waals surface area contributed by atoms with Crippen molar-refractivity contribution in [3.05, 3.63) is 55.2 Å². The van der Waals surface area contributed by atoms with Crippen molar-refractivity contribution in [2.75, 3.05) is 5.73 Å². The number of para-hydroxylation sites is 1. The molecule has 0 aliphatic rings. The molecule has 6 nitrogen and oxygen atoms in total. The minimum absolute atomic E-state index is 0.0574. The summed E-state index contributed by atoms with van der Waals surface area (Å²) >= 11 is 6.90. The number of nitrogen functional groups attached to an aromatic ring is 1. The highest BCUT2D eigenvalue weighted by molar-refractivity contribution is 7.17. The van der Waals surface area contributed by atoms with E-state index in [1.165, 1.54) is 12.1 Å². The monoisotopic (exact) mass is 311 g/mol. The first-order valence-corrected chi connectivity index (χ1v) is 6.74. The van der Waals surface area contributed by atoms with Crippen molar-refractivity contribution in [2.45, 2.75) is 6.54 Å². The van der Waals surface area contributed by atoms with Crippen LogP contribution in [0.2, 0.25) is 4.34 Å². The van der Waals surface area contributed by atoms with Gasteiger partial charge in [0.1, 0.15) is 5.69 Å². The van der Waals surface area contributed by atoms with Gasteiger partial charge in [-0.3, -0.25) is 14.9 Å². The van der Waals surface area contributed by atoms with Gasteiger partial charge in [0, 0.05) is 18.2 Å². The average molecular weight is 312 g/mol. The number of nitrogens with one attached hydrogen (secondary N) is 1. The molecular weight excluding hydrogens is 302 g/mol. The largest absolute Gasteiger partial charge is 0.393 e. The fourth-order valence-electron chi connectivity index (χ4n) is 1.61. The summed E-state index contributed by atoms with van der Waals surface area (Å²) in [6.45, 7) is 0.113. The number of halogens is 1. The van der Waals surface area contributed by atoms with Crippen LogP contribution in [0.15, 0.2) is 30.3 Å². The molecule has 20 heavy (non-hydrogen) atoms. The fourth-order valence-corrected chi connectivity index (χ4v) is 2.57. The Morgan fingerprint density at radius 2 is 2.15 bits per heavy atom. The first-order chi connectivity index (χ1) is 9.49. The minimum Gasteiger partial charge on any atom is -0.393 e. The van der Waals surface area contributed by atoms with E-state index in [1.807, 2.05) is 0 Å². The van der Waals surface area contributed by atoms with Crippen LogP contribution < -0.4 is 11.1 Å². The summed E-state index contributed by atoms with van der Waals surface area (Å²) < 4.78 is 0.519. The highest BCUT2D eigenvalue weighted by Gasteiger charge is 2.15. The molecule has 1 heterocycles. The molecule has 1 aromatic carbocycles. The van der Waals surface area contributed by atoms with Gasteiger partial charge in [0.2, 0.25) is 0 Å². The molecule has 1 amide bonds. The molecule has 0 bridgehead atoms. The Labute approximate surface area is 123 Å². The van der Waals surface area contributed by atoms with Gasteiger partial charge in [-0.15, -0.1) is 11.3 Å². The van der Waals surface area contributed by atoms with Crippen LogP contribution in [0.3, 0.4) is 0 Å². The molecular formula is C12H10ClN3O3S. The number of thiophene rings is 1. The van der Waals surface area contributed by atoms with Gasteiger partial charge < -0.3 is 11.1 Å². The van der Waals surface area contributed by atoms with E-state index in [0.29, 0.717) is 14.8 Å². The first-order valence-electron chi connectivity index (χ1n) is 5.54. The number of benzene rings is 1. The molecule has 104 valence electrons. The number of hydrogen-bond donors (Lipinski definition) is 2. The second kappa shape index (κ2) is 5.89. The molecule has 0 spiro atoms. The smallest absolute Gasteiger partial charge is 0.292 e. The van der Waals surface area contributed by atoms with Gasteiger partial charge >= 0.3 is 0 Å². The maximum Gasteiger partial charge on any atom is 0.292 e. The molecule has 8 heteroatoms. The van der Waals surface area contributed by atoms with Crippen molar-refractivity contribution in [1.82, 2.24) is 5.32 Å². The van der Waals surface area contributed by atoms with Crippen molar-refractivity contribution in [2.24, 2.45) is 0 Å². The third-order valence-corrected chi connectivity index (χ3v) is 3.84. The van der Waals surface area contributed by atoms with Crippen molar-refractivity contribution in [3.63, 3.8) is 0 Å². The number of rotatable bonds is 4. The van der Waals surface area contributed by atoms with Gasteiger partial charge in [-0.2, -0.15) is 0 Å². The molecule has 3 N–H and O–H groups in total. The molecule has 0 atom stereocenters. The topological polar surface area (TPSA) is 98.3 Å². The summed E-state index contributed by atoms with van der Waals surface area (Å²) in [6.07, 6.45) is 0. The SMILES string of the molecule is Nc1c(CNC(=O)c2ccc(Cl)s2)cccc1[N+](=O)[O-]. The molecule has 0 aliphatic heterocycles. The highest BCUT2D eigenvalue weighted by atomic mass is 35.5. The van der Waals surface area contributed by atoms with E-state index in [1.54, 1.807) is 18.2 Å². The van der Waals surface area contributed by atoms with E-state index >= 15 is 0 Å². The number of anilines is 1. The van der Waals surface area contributed by atoms with Gasteiger partial charge in [0.05, 0.1) is 14.1 Å². The van der Waals surface area contributed by atoms with E-state index in [9.17, 15) is 14.9 Å². The molecule has 1 aromatic heterocycles. The summed E-state index contributed by atoms with van der Waals surface area (Å²) in [5.41, 5.74) is 6.08. The van der Waals surface area contributed by atoms with Crippen LogP contribution >= 0.6 is 22.9 Å². The molecule has 0 saturated carbocycles.